The number of ether oxygens (including phenoxy) is 1. The van der Waals surface area contributed by atoms with Crippen LogP contribution < -0.4 is 4.90 Å². The van der Waals surface area contributed by atoms with Crippen LogP contribution in [0.1, 0.15) is 20.8 Å². The smallest absolute Gasteiger partial charge is 0.419 e. The molecule has 0 aliphatic rings. The molecule has 6 aromatic rings. The van der Waals surface area contributed by atoms with Crippen molar-refractivity contribution in [2.45, 2.75) is 26.4 Å². The van der Waals surface area contributed by atoms with Crippen molar-refractivity contribution < 1.29 is 9.53 Å². The fraction of sp³-hybridized carbons (Fsp3) is 0.114. The van der Waals surface area contributed by atoms with Crippen LogP contribution in [0, 0.1) is 0 Å². The zero-order chi connectivity index (χ0) is 27.0. The van der Waals surface area contributed by atoms with E-state index in [0.29, 0.717) is 0 Å². The summed E-state index contributed by atoms with van der Waals surface area (Å²) in [6.45, 7) is 5.66. The summed E-state index contributed by atoms with van der Waals surface area (Å²) in [5.41, 5.74) is 6.53. The van der Waals surface area contributed by atoms with Crippen LogP contribution in [0.4, 0.5) is 21.9 Å². The van der Waals surface area contributed by atoms with Crippen LogP contribution in [0.25, 0.3) is 32.9 Å². The van der Waals surface area contributed by atoms with Crippen molar-refractivity contribution in [1.29, 1.82) is 0 Å². The number of hydrogen-bond acceptors (Lipinski definition) is 3. The molecule has 4 heteroatoms. The van der Waals surface area contributed by atoms with Gasteiger partial charge in [0.05, 0.1) is 11.0 Å². The van der Waals surface area contributed by atoms with Crippen LogP contribution in [-0.4, -0.2) is 16.3 Å². The van der Waals surface area contributed by atoms with Crippen molar-refractivity contribution in [2.75, 3.05) is 4.90 Å². The van der Waals surface area contributed by atoms with E-state index in [1.807, 2.05) is 69.3 Å². The summed E-state index contributed by atoms with van der Waals surface area (Å²) in [5, 5.41) is 2.00. The third kappa shape index (κ3) is 4.77. The molecule has 0 saturated heterocycles. The normalized spacial score (nSPS) is 11.6. The van der Waals surface area contributed by atoms with E-state index in [2.05, 4.69) is 83.8 Å². The molecule has 0 bridgehead atoms. The number of aromatic nitrogens is 1. The van der Waals surface area contributed by atoms with E-state index in [0.717, 1.165) is 38.9 Å². The summed E-state index contributed by atoms with van der Waals surface area (Å²) in [6.07, 6.45) is -0.377. The average molecular weight is 511 g/mol. The van der Waals surface area contributed by atoms with Crippen molar-refractivity contribution in [1.82, 2.24) is 4.57 Å². The monoisotopic (exact) mass is 510 g/mol. The van der Waals surface area contributed by atoms with Gasteiger partial charge < -0.3 is 9.64 Å². The molecule has 6 rings (SSSR count). The Hall–Kier alpha value is -4.83. The largest absolute Gasteiger partial charge is 0.443 e. The zero-order valence-electron chi connectivity index (χ0n) is 22.3. The van der Waals surface area contributed by atoms with Gasteiger partial charge >= 0.3 is 6.09 Å². The molecule has 1 aromatic heterocycles. The Morgan fingerprint density at radius 1 is 0.590 bits per heavy atom. The molecule has 4 nitrogen and oxygen atoms in total. The van der Waals surface area contributed by atoms with E-state index in [1.54, 1.807) is 4.57 Å². The Balaban J connectivity index is 1.50. The van der Waals surface area contributed by atoms with E-state index in [9.17, 15) is 4.79 Å². The van der Waals surface area contributed by atoms with Gasteiger partial charge in [0.1, 0.15) is 5.60 Å². The lowest BCUT2D eigenvalue weighted by Gasteiger charge is -2.26. The van der Waals surface area contributed by atoms with Gasteiger partial charge in [-0.3, -0.25) is 0 Å². The van der Waals surface area contributed by atoms with Gasteiger partial charge in [-0.05, 0) is 80.4 Å². The summed E-state index contributed by atoms with van der Waals surface area (Å²) in [7, 11) is 0. The van der Waals surface area contributed by atoms with Crippen LogP contribution in [0.2, 0.25) is 0 Å². The molecule has 0 atom stereocenters. The number of fused-ring (bicyclic) bond motifs is 3. The number of anilines is 3. The van der Waals surface area contributed by atoms with E-state index in [-0.39, 0.29) is 6.09 Å². The highest BCUT2D eigenvalue weighted by Gasteiger charge is 2.23. The first-order valence-electron chi connectivity index (χ1n) is 13.2. The van der Waals surface area contributed by atoms with Gasteiger partial charge in [-0.25, -0.2) is 9.36 Å². The second-order valence-electron chi connectivity index (χ2n) is 10.6. The minimum atomic E-state index is -0.593. The molecule has 0 aliphatic carbocycles. The van der Waals surface area contributed by atoms with Crippen molar-refractivity contribution in [2.24, 2.45) is 0 Å². The molecule has 0 amide bonds. The molecule has 0 aliphatic heterocycles. The van der Waals surface area contributed by atoms with Crippen LogP contribution in [0.3, 0.4) is 0 Å². The lowest BCUT2D eigenvalue weighted by molar-refractivity contribution is 0.0551. The summed E-state index contributed by atoms with van der Waals surface area (Å²) < 4.78 is 7.46. The molecule has 0 spiro atoms. The summed E-state index contributed by atoms with van der Waals surface area (Å²) >= 11 is 0. The molecular weight excluding hydrogens is 480 g/mol. The molecule has 192 valence electrons. The van der Waals surface area contributed by atoms with Gasteiger partial charge in [0, 0.05) is 27.8 Å². The van der Waals surface area contributed by atoms with Gasteiger partial charge in [0.25, 0.3) is 0 Å². The Kier molecular flexibility index (Phi) is 6.16. The second kappa shape index (κ2) is 9.80. The molecule has 5 aromatic carbocycles. The highest BCUT2D eigenvalue weighted by atomic mass is 16.6. The van der Waals surface area contributed by atoms with Gasteiger partial charge in [-0.2, -0.15) is 0 Å². The third-order valence-electron chi connectivity index (χ3n) is 6.74. The number of carbonyl (C=O) groups excluding carboxylic acids is 1. The lowest BCUT2D eigenvalue weighted by atomic mass is 10.0. The van der Waals surface area contributed by atoms with Gasteiger partial charge in [-0.15, -0.1) is 0 Å². The molecule has 0 unspecified atom stereocenters. The highest BCUT2D eigenvalue weighted by Crippen LogP contribution is 2.39. The maximum Gasteiger partial charge on any atom is 0.419 e. The van der Waals surface area contributed by atoms with E-state index < -0.39 is 5.60 Å². The van der Waals surface area contributed by atoms with Crippen molar-refractivity contribution >= 4 is 45.0 Å². The predicted molar refractivity (Wildman–Crippen MR) is 161 cm³/mol. The quantitative estimate of drug-likeness (QED) is 0.237. The average Bonchev–Trinajstić information content (AvgIpc) is 3.28. The first-order valence-corrected chi connectivity index (χ1v) is 13.2. The number of nitrogens with zero attached hydrogens (tertiary/aromatic N) is 2. The maximum absolute atomic E-state index is 13.3. The second-order valence-corrected chi connectivity index (χ2v) is 10.6. The Bertz CT molecular complexity index is 1760. The molecule has 1 heterocycles. The van der Waals surface area contributed by atoms with Crippen LogP contribution in [0.5, 0.6) is 0 Å². The number of carbonyl (C=O) groups is 1. The summed E-state index contributed by atoms with van der Waals surface area (Å²) in [4.78, 5) is 15.5. The summed E-state index contributed by atoms with van der Waals surface area (Å²) in [6, 6.07) is 43.6. The minimum absolute atomic E-state index is 0.377. The molecule has 0 N–H and O–H groups in total. The van der Waals surface area contributed by atoms with E-state index in [4.69, 9.17) is 4.74 Å². The Labute approximate surface area is 228 Å². The number of benzene rings is 5. The predicted octanol–water partition coefficient (Wildman–Crippen LogP) is 9.71. The third-order valence-corrected chi connectivity index (χ3v) is 6.74. The standard InChI is InChI=1S/C35H30N2O2/c1-35(2,3)39-34(38)37-32-17-11-10-16-30(32)31-24-29(22-23-33(31)37)36(27-14-8-5-9-15-27)28-20-18-26(19-21-28)25-12-6-4-7-13-25/h4-24H,1-3H3. The van der Waals surface area contributed by atoms with Crippen LogP contribution >= 0.6 is 0 Å². The zero-order valence-corrected chi connectivity index (χ0v) is 22.3. The number of para-hydroxylation sites is 2. The first-order chi connectivity index (χ1) is 18.9. The minimum Gasteiger partial charge on any atom is -0.443 e. The molecular formula is C35H30N2O2. The molecule has 0 saturated carbocycles. The Morgan fingerprint density at radius 3 is 1.82 bits per heavy atom. The van der Waals surface area contributed by atoms with Crippen molar-refractivity contribution in [3.8, 4) is 11.1 Å². The highest BCUT2D eigenvalue weighted by molar-refractivity contribution is 6.13. The van der Waals surface area contributed by atoms with Gasteiger partial charge in [0.15, 0.2) is 0 Å². The fourth-order valence-corrected chi connectivity index (χ4v) is 5.06. The van der Waals surface area contributed by atoms with Crippen molar-refractivity contribution in [3.05, 3.63) is 127 Å². The summed E-state index contributed by atoms with van der Waals surface area (Å²) in [5.74, 6) is 0. The van der Waals surface area contributed by atoms with Crippen LogP contribution in [-0.2, 0) is 4.74 Å². The maximum atomic E-state index is 13.3. The first kappa shape index (κ1) is 24.5. The van der Waals surface area contributed by atoms with Gasteiger partial charge in [0.2, 0.25) is 0 Å². The molecule has 0 radical (unpaired) electrons. The molecule has 0 fully saturated rings. The van der Waals surface area contributed by atoms with Gasteiger partial charge in [-0.1, -0.05) is 78.9 Å². The lowest BCUT2D eigenvalue weighted by Crippen LogP contribution is -2.27. The van der Waals surface area contributed by atoms with Crippen molar-refractivity contribution in [3.63, 3.8) is 0 Å². The fourth-order valence-electron chi connectivity index (χ4n) is 5.06. The Morgan fingerprint density at radius 2 is 1.13 bits per heavy atom. The van der Waals surface area contributed by atoms with E-state index in [1.165, 1.54) is 11.1 Å². The topological polar surface area (TPSA) is 34.5 Å². The SMILES string of the molecule is CC(C)(C)OC(=O)n1c2ccccc2c2cc(N(c3ccccc3)c3ccc(-c4ccccc4)cc3)ccc21. The number of rotatable bonds is 4. The number of hydrogen-bond donors (Lipinski definition) is 0. The van der Waals surface area contributed by atoms with Crippen LogP contribution in [0.15, 0.2) is 127 Å². The molecule has 39 heavy (non-hydrogen) atoms. The van der Waals surface area contributed by atoms with E-state index >= 15 is 0 Å².